The van der Waals surface area contributed by atoms with Crippen molar-refractivity contribution in [3.8, 4) is 5.75 Å². The van der Waals surface area contributed by atoms with Crippen LogP contribution in [0.5, 0.6) is 5.75 Å². The fourth-order valence-electron chi connectivity index (χ4n) is 2.50. The standard InChI is InChI=1S/C20H26N2O2.ClH/c1-14(2)16-7-9-17(10-8-16)19(21)13-22-20(23)12-15-5-4-6-18(11-15)24-3;/h4-11,14,19H,12-13,21H2,1-3H3,(H,22,23);1H. The molecular formula is C20H27ClN2O2. The summed E-state index contributed by atoms with van der Waals surface area (Å²) in [5, 5.41) is 2.90. The van der Waals surface area contributed by atoms with E-state index in [2.05, 4.69) is 31.3 Å². The number of carbonyl (C=O) groups is 1. The quantitative estimate of drug-likeness (QED) is 0.791. The van der Waals surface area contributed by atoms with Gasteiger partial charge in [0.05, 0.1) is 13.5 Å². The molecule has 0 aromatic heterocycles. The van der Waals surface area contributed by atoms with E-state index in [1.165, 1.54) is 5.56 Å². The molecule has 136 valence electrons. The largest absolute Gasteiger partial charge is 0.497 e. The van der Waals surface area contributed by atoms with Gasteiger partial charge in [-0.15, -0.1) is 12.4 Å². The van der Waals surface area contributed by atoms with Gasteiger partial charge in [-0.2, -0.15) is 0 Å². The molecule has 0 heterocycles. The van der Waals surface area contributed by atoms with E-state index in [1.807, 2.05) is 36.4 Å². The molecule has 0 saturated heterocycles. The number of nitrogens with two attached hydrogens (primary N) is 1. The minimum atomic E-state index is -0.208. The van der Waals surface area contributed by atoms with Crippen LogP contribution in [0.15, 0.2) is 48.5 Å². The van der Waals surface area contributed by atoms with Gasteiger partial charge in [-0.25, -0.2) is 0 Å². The molecule has 5 heteroatoms. The molecule has 2 aromatic rings. The van der Waals surface area contributed by atoms with Gasteiger partial charge in [-0.05, 0) is 34.7 Å². The number of ether oxygens (including phenoxy) is 1. The Labute approximate surface area is 156 Å². The molecule has 0 aliphatic carbocycles. The van der Waals surface area contributed by atoms with Crippen molar-refractivity contribution in [1.82, 2.24) is 5.32 Å². The lowest BCUT2D eigenvalue weighted by atomic mass is 9.99. The molecule has 0 radical (unpaired) electrons. The maximum Gasteiger partial charge on any atom is 0.224 e. The van der Waals surface area contributed by atoms with Crippen LogP contribution in [0.25, 0.3) is 0 Å². The topological polar surface area (TPSA) is 64.3 Å². The molecule has 4 nitrogen and oxygen atoms in total. The highest BCUT2D eigenvalue weighted by Crippen LogP contribution is 2.17. The third kappa shape index (κ3) is 6.40. The van der Waals surface area contributed by atoms with Crippen molar-refractivity contribution in [3.05, 3.63) is 65.2 Å². The highest BCUT2D eigenvalue weighted by Gasteiger charge is 2.10. The van der Waals surface area contributed by atoms with Gasteiger partial charge >= 0.3 is 0 Å². The summed E-state index contributed by atoms with van der Waals surface area (Å²) in [6, 6.07) is 15.6. The van der Waals surface area contributed by atoms with Gasteiger partial charge in [0.15, 0.2) is 0 Å². The van der Waals surface area contributed by atoms with E-state index in [-0.39, 0.29) is 24.4 Å². The fraction of sp³-hybridized carbons (Fsp3) is 0.350. The molecule has 0 aliphatic heterocycles. The molecule has 1 atom stereocenters. The normalized spacial score (nSPS) is 11.6. The van der Waals surface area contributed by atoms with Crippen LogP contribution >= 0.6 is 12.4 Å². The average molecular weight is 363 g/mol. The second kappa shape index (κ2) is 10.1. The Morgan fingerprint density at radius 1 is 1.12 bits per heavy atom. The zero-order valence-corrected chi connectivity index (χ0v) is 15.8. The van der Waals surface area contributed by atoms with Gasteiger partial charge in [-0.1, -0.05) is 50.2 Å². The fourth-order valence-corrected chi connectivity index (χ4v) is 2.50. The molecule has 0 fully saturated rings. The highest BCUT2D eigenvalue weighted by atomic mass is 35.5. The van der Waals surface area contributed by atoms with Crippen LogP contribution < -0.4 is 15.8 Å². The van der Waals surface area contributed by atoms with Crippen LogP contribution in [0.2, 0.25) is 0 Å². The first-order valence-electron chi connectivity index (χ1n) is 8.24. The minimum Gasteiger partial charge on any atom is -0.497 e. The van der Waals surface area contributed by atoms with E-state index < -0.39 is 0 Å². The van der Waals surface area contributed by atoms with E-state index in [9.17, 15) is 4.79 Å². The van der Waals surface area contributed by atoms with E-state index in [1.54, 1.807) is 7.11 Å². The third-order valence-electron chi connectivity index (χ3n) is 4.05. The van der Waals surface area contributed by atoms with E-state index >= 15 is 0 Å². The van der Waals surface area contributed by atoms with Crippen LogP contribution in [-0.4, -0.2) is 19.6 Å². The van der Waals surface area contributed by atoms with Crippen LogP contribution in [-0.2, 0) is 11.2 Å². The number of benzene rings is 2. The van der Waals surface area contributed by atoms with E-state index in [0.717, 1.165) is 16.9 Å². The highest BCUT2D eigenvalue weighted by molar-refractivity contribution is 5.85. The van der Waals surface area contributed by atoms with Crippen LogP contribution in [0, 0.1) is 0 Å². The molecule has 2 aromatic carbocycles. The van der Waals surface area contributed by atoms with Crippen LogP contribution in [0.4, 0.5) is 0 Å². The van der Waals surface area contributed by atoms with Crippen molar-refractivity contribution in [3.63, 3.8) is 0 Å². The summed E-state index contributed by atoms with van der Waals surface area (Å²) in [5.74, 6) is 1.21. The van der Waals surface area contributed by atoms with Gasteiger partial charge in [-0.3, -0.25) is 4.79 Å². The predicted molar refractivity (Wildman–Crippen MR) is 104 cm³/mol. The van der Waals surface area contributed by atoms with Crippen LogP contribution in [0.3, 0.4) is 0 Å². The van der Waals surface area contributed by atoms with Crippen molar-refractivity contribution in [2.45, 2.75) is 32.2 Å². The average Bonchev–Trinajstić information content (AvgIpc) is 2.60. The van der Waals surface area contributed by atoms with E-state index in [0.29, 0.717) is 18.9 Å². The number of rotatable bonds is 7. The van der Waals surface area contributed by atoms with Gasteiger partial charge < -0.3 is 15.8 Å². The molecule has 3 N–H and O–H groups in total. The first-order valence-corrected chi connectivity index (χ1v) is 8.24. The summed E-state index contributed by atoms with van der Waals surface area (Å²) in [5.41, 5.74) is 9.41. The lowest BCUT2D eigenvalue weighted by molar-refractivity contribution is -0.120. The minimum absolute atomic E-state index is 0. The van der Waals surface area contributed by atoms with Crippen molar-refractivity contribution in [2.24, 2.45) is 5.73 Å². The van der Waals surface area contributed by atoms with Gasteiger partial charge in [0.2, 0.25) is 5.91 Å². The zero-order chi connectivity index (χ0) is 17.5. The van der Waals surface area contributed by atoms with Crippen molar-refractivity contribution < 1.29 is 9.53 Å². The Balaban J connectivity index is 0.00000312. The first kappa shape index (κ1) is 21.0. The monoisotopic (exact) mass is 362 g/mol. The Bertz CT molecular complexity index is 672. The molecule has 1 amide bonds. The molecule has 0 bridgehead atoms. The predicted octanol–water partition coefficient (Wildman–Crippen LogP) is 3.60. The number of nitrogens with one attached hydrogen (secondary N) is 1. The summed E-state index contributed by atoms with van der Waals surface area (Å²) >= 11 is 0. The van der Waals surface area contributed by atoms with Crippen LogP contribution in [0.1, 0.15) is 42.5 Å². The zero-order valence-electron chi connectivity index (χ0n) is 15.0. The Kier molecular flexibility index (Phi) is 8.46. The summed E-state index contributed by atoms with van der Waals surface area (Å²) < 4.78 is 5.17. The molecule has 0 spiro atoms. The van der Waals surface area contributed by atoms with Gasteiger partial charge in [0.1, 0.15) is 5.75 Å². The maximum atomic E-state index is 12.1. The third-order valence-corrected chi connectivity index (χ3v) is 4.05. The lowest BCUT2D eigenvalue weighted by Gasteiger charge is -2.15. The molecule has 1 unspecified atom stereocenters. The number of carbonyl (C=O) groups excluding carboxylic acids is 1. The van der Waals surface area contributed by atoms with Crippen molar-refractivity contribution in [2.75, 3.05) is 13.7 Å². The SMILES string of the molecule is COc1cccc(CC(=O)NCC(N)c2ccc(C(C)C)cc2)c1.Cl. The maximum absolute atomic E-state index is 12.1. The number of amides is 1. The summed E-state index contributed by atoms with van der Waals surface area (Å²) in [6.45, 7) is 4.74. The summed E-state index contributed by atoms with van der Waals surface area (Å²) in [4.78, 5) is 12.1. The van der Waals surface area contributed by atoms with Crippen molar-refractivity contribution in [1.29, 1.82) is 0 Å². The smallest absolute Gasteiger partial charge is 0.224 e. The first-order chi connectivity index (χ1) is 11.5. The molecular weight excluding hydrogens is 336 g/mol. The van der Waals surface area contributed by atoms with Gasteiger partial charge in [0.25, 0.3) is 0 Å². The second-order valence-electron chi connectivity index (χ2n) is 6.26. The Hall–Kier alpha value is -2.04. The summed E-state index contributed by atoms with van der Waals surface area (Å²) in [7, 11) is 1.61. The Morgan fingerprint density at radius 3 is 2.36 bits per heavy atom. The molecule has 0 saturated carbocycles. The molecule has 2 rings (SSSR count). The Morgan fingerprint density at radius 2 is 1.76 bits per heavy atom. The van der Waals surface area contributed by atoms with E-state index in [4.69, 9.17) is 10.5 Å². The second-order valence-corrected chi connectivity index (χ2v) is 6.26. The lowest BCUT2D eigenvalue weighted by Crippen LogP contribution is -2.32. The van der Waals surface area contributed by atoms with Gasteiger partial charge in [0, 0.05) is 12.6 Å². The molecule has 25 heavy (non-hydrogen) atoms. The summed E-state index contributed by atoms with van der Waals surface area (Å²) in [6.07, 6.45) is 0.316. The number of hydrogen-bond acceptors (Lipinski definition) is 3. The number of halogens is 1. The number of hydrogen-bond donors (Lipinski definition) is 2. The molecule has 0 aliphatic rings. The number of methoxy groups -OCH3 is 1. The van der Waals surface area contributed by atoms with Crippen molar-refractivity contribution >= 4 is 18.3 Å².